The van der Waals surface area contributed by atoms with Gasteiger partial charge >= 0.3 is 70.8 Å². The van der Waals surface area contributed by atoms with Crippen LogP contribution >= 0.6 is 92.8 Å². The fraction of sp³-hybridized carbons (Fsp3) is 0.490. The average Bonchev–Trinajstić information content (AvgIpc) is 3.20. The number of ether oxygens (including phenoxy) is 1. The van der Waals surface area contributed by atoms with E-state index in [2.05, 4.69) is 193 Å². The molecular formula is C51H75Br2I3NO3V. The van der Waals surface area contributed by atoms with Crippen molar-refractivity contribution >= 4 is 98.8 Å². The number of nitrogens with zero attached hydrogens (tertiary/aromatic N) is 1. The second-order valence-electron chi connectivity index (χ2n) is 15.6. The number of esters is 1. The van der Waals surface area contributed by atoms with Gasteiger partial charge in [0.15, 0.2) is 0 Å². The van der Waals surface area contributed by atoms with Crippen LogP contribution in [0.15, 0.2) is 0 Å². The van der Waals surface area contributed by atoms with Crippen LogP contribution in [0.25, 0.3) is 0 Å². The van der Waals surface area contributed by atoms with E-state index >= 15 is 0 Å². The number of carbonyl (C=O) groups is 1. The normalized spacial score (nSPS) is 9.93. The summed E-state index contributed by atoms with van der Waals surface area (Å²) in [6.45, 7) is 42.5. The van der Waals surface area contributed by atoms with E-state index in [1.807, 2.05) is 27.7 Å². The molecule has 0 amide bonds. The number of hydrogen-bond donors (Lipinski definition) is 1. The molecule has 4 rings (SSSR count). The number of hydrogen-bond acceptors (Lipinski definition) is 4. The minimum absolute atomic E-state index is 0. The maximum absolute atomic E-state index is 11.6. The topological polar surface area (TPSA) is 70.3 Å². The molecule has 0 saturated heterocycles. The van der Waals surface area contributed by atoms with Gasteiger partial charge < -0.3 is 9.84 Å². The van der Waals surface area contributed by atoms with Gasteiger partial charge in [-0.1, -0.05) is 23.4 Å². The van der Waals surface area contributed by atoms with Gasteiger partial charge in [0.2, 0.25) is 0 Å². The molecule has 4 aromatic carbocycles. The molecule has 0 radical (unpaired) electrons. The summed E-state index contributed by atoms with van der Waals surface area (Å²) in [6, 6.07) is 2.24. The van der Waals surface area contributed by atoms with E-state index in [1.165, 1.54) is 118 Å². The first kappa shape index (κ1) is 64.8. The molecular weight excluding hydrogens is 1270 g/mol. The van der Waals surface area contributed by atoms with Crippen molar-refractivity contribution in [3.05, 3.63) is 134 Å². The number of nitriles is 1. The van der Waals surface area contributed by atoms with Crippen molar-refractivity contribution in [3.63, 3.8) is 0 Å². The zero-order valence-electron chi connectivity index (χ0n) is 40.2. The third-order valence-corrected chi connectivity index (χ3v) is 14.0. The van der Waals surface area contributed by atoms with Crippen LogP contribution in [0.1, 0.15) is 146 Å². The van der Waals surface area contributed by atoms with Crippen molar-refractivity contribution in [3.8, 4) is 6.07 Å². The molecule has 1 N–H and O–H groups in total. The first-order valence-corrected chi connectivity index (χ1v) is 34.4. The van der Waals surface area contributed by atoms with Crippen LogP contribution in [0.2, 0.25) is 0 Å². The second kappa shape index (κ2) is 29.9. The quantitative estimate of drug-likeness (QED) is 0.126. The summed E-state index contributed by atoms with van der Waals surface area (Å²) in [5.74, 6) is -0.240. The Morgan fingerprint density at radius 3 is 0.934 bits per heavy atom. The van der Waals surface area contributed by atoms with E-state index in [0.717, 1.165) is 27.6 Å². The monoisotopic (exact) mass is 1340 g/mol. The van der Waals surface area contributed by atoms with Gasteiger partial charge in [-0.15, -0.1) is 17.0 Å². The van der Waals surface area contributed by atoms with Crippen LogP contribution in [-0.4, -0.2) is 18.2 Å². The molecule has 0 heterocycles. The predicted octanol–water partition coefficient (Wildman–Crippen LogP) is 17.0. The van der Waals surface area contributed by atoms with Gasteiger partial charge in [0.1, 0.15) is 0 Å². The van der Waals surface area contributed by atoms with Crippen LogP contribution in [-0.2, 0) is 28.0 Å². The van der Waals surface area contributed by atoms with Crippen molar-refractivity contribution in [1.82, 2.24) is 0 Å². The Kier molecular flexibility index (Phi) is 31.8. The van der Waals surface area contributed by atoms with Gasteiger partial charge in [-0.25, -0.2) is 4.79 Å². The Morgan fingerprint density at radius 1 is 0.508 bits per heavy atom. The van der Waals surface area contributed by atoms with Gasteiger partial charge in [-0.3, -0.25) is 0 Å². The Morgan fingerprint density at radius 2 is 0.721 bits per heavy atom. The Bertz CT molecular complexity index is 2000. The molecule has 4 aromatic rings. The van der Waals surface area contributed by atoms with E-state index in [0.29, 0.717) is 6.42 Å². The molecule has 0 spiro atoms. The summed E-state index contributed by atoms with van der Waals surface area (Å²) in [5.41, 5.74) is 30.4. The van der Waals surface area contributed by atoms with Crippen molar-refractivity contribution in [2.45, 2.75) is 164 Å². The minimum atomic E-state index is -0.278. The zero-order valence-corrected chi connectivity index (χ0v) is 51.4. The number of aliphatic hydroxyl groups is 1. The van der Waals surface area contributed by atoms with Crippen LogP contribution in [0.5, 0.6) is 0 Å². The third kappa shape index (κ3) is 16.7. The van der Waals surface area contributed by atoms with Gasteiger partial charge in [0.25, 0.3) is 0 Å². The summed E-state index contributed by atoms with van der Waals surface area (Å²) >= 11 is 10.9. The molecule has 0 aromatic heterocycles. The number of halogens is 5. The molecule has 0 atom stereocenters. The van der Waals surface area contributed by atoms with E-state index < -0.39 is 0 Å². The average molecular weight is 1340 g/mol. The number of carbonyl (C=O) groups excluding carboxylic acids is 1. The Balaban J connectivity index is -0.000000707. The van der Waals surface area contributed by atoms with Gasteiger partial charge in [-0.2, -0.15) is 5.26 Å². The first-order valence-electron chi connectivity index (χ1n) is 19.8. The third-order valence-electron chi connectivity index (χ3n) is 13.4. The van der Waals surface area contributed by atoms with Crippen molar-refractivity contribution in [1.29, 1.82) is 5.26 Å². The zero-order chi connectivity index (χ0) is 46.5. The Hall–Kier alpha value is -0.466. The van der Waals surface area contributed by atoms with Crippen LogP contribution < -0.4 is 0 Å². The van der Waals surface area contributed by atoms with Crippen molar-refractivity contribution in [2.24, 2.45) is 0 Å². The molecule has 0 fully saturated rings. The molecule has 4 nitrogen and oxygen atoms in total. The number of benzene rings is 4. The van der Waals surface area contributed by atoms with Crippen LogP contribution in [0.3, 0.4) is 0 Å². The number of aliphatic hydroxyl groups excluding tert-OH is 1. The van der Waals surface area contributed by atoms with E-state index in [-0.39, 0.29) is 41.9 Å². The maximum atomic E-state index is 11.6. The molecule has 0 bridgehead atoms. The number of rotatable bonds is 4. The molecule has 0 aliphatic heterocycles. The summed E-state index contributed by atoms with van der Waals surface area (Å²) in [7, 11) is 1.42. The van der Waals surface area contributed by atoms with Crippen molar-refractivity contribution < 1.29 is 19.6 Å². The van der Waals surface area contributed by atoms with E-state index in [4.69, 9.17) is 10.00 Å². The molecule has 0 saturated carbocycles. The van der Waals surface area contributed by atoms with E-state index in [1.54, 1.807) is 0 Å². The molecule has 61 heavy (non-hydrogen) atoms. The molecule has 0 aliphatic carbocycles. The van der Waals surface area contributed by atoms with Gasteiger partial charge in [-0.05, 0) is 266 Å². The van der Waals surface area contributed by atoms with E-state index in [9.17, 15) is 9.90 Å². The molecule has 0 unspecified atom stereocenters. The summed E-state index contributed by atoms with van der Waals surface area (Å²) in [4.78, 5) is 11.4. The molecule has 10 heteroatoms. The van der Waals surface area contributed by atoms with Crippen molar-refractivity contribution in [2.75, 3.05) is 7.11 Å². The molecule has 0 aliphatic rings. The summed E-state index contributed by atoms with van der Waals surface area (Å²) in [5, 5.41) is 19.0. The van der Waals surface area contributed by atoms with Gasteiger partial charge in [0.05, 0.1) is 31.8 Å². The van der Waals surface area contributed by atoms with Crippen LogP contribution in [0, 0.1) is 150 Å². The van der Waals surface area contributed by atoms with Gasteiger partial charge in [0, 0.05) is 5.33 Å². The predicted molar refractivity (Wildman–Crippen MR) is 299 cm³/mol. The fourth-order valence-corrected chi connectivity index (χ4v) is 8.26. The van der Waals surface area contributed by atoms with Crippen LogP contribution in [0.4, 0.5) is 0 Å². The molecule has 342 valence electrons. The second-order valence-corrected chi connectivity index (χ2v) is 51.6. The number of methoxy groups -OCH3 is 1. The Labute approximate surface area is 429 Å². The summed E-state index contributed by atoms with van der Waals surface area (Å²) < 4.78 is 4.81. The fourth-order valence-electron chi connectivity index (χ4n) is 7.42. The first-order chi connectivity index (χ1) is 27.2. The summed E-state index contributed by atoms with van der Waals surface area (Å²) in [6.07, 6.45) is 0.527. The SMILES string of the molecule is Br.C.COC(=O)c1c(C)c(C)c(C)c(C)c1C.Cc1c(C)c(C)c(CBr)c(C)c1C.Cc1c(C)c(C)c(CC#N)c(C)c1C.Cc1c(C)c(C)c(CO)c(C)c1C.[I][V]([I])[I]. The standard InChI is InChI=1S/C13H17N.C13H18O2.C12H17Br.C12H18O.CH4.BrH.3HI.V/c1-8-9(2)11(4)13(6-7-14)12(5)10(8)3;1-7-8(2)10(4)12(13(14)15-6)11(5)9(7)3;2*1-7-8(2)10(4)12(6-13)11(5)9(7)3;;;;;;/h6H2,1-5H3;1-6H3;6H2,1-5H3;13H,6H2,1-5H3;1H4;4*1H;/q;;;;;;;;;+3/p-3. The number of alkyl halides is 1.